The molecule has 5 rings (SSSR count). The fourth-order valence-corrected chi connectivity index (χ4v) is 10.5. The maximum Gasteiger partial charge on any atom is 0.333 e. The first-order valence-corrected chi connectivity index (χ1v) is 32.8. The molecule has 28 heteroatoms. The maximum atomic E-state index is 12.6. The topological polar surface area (TPSA) is 303 Å². The van der Waals surface area contributed by atoms with E-state index in [1.807, 2.05) is 54.3 Å². The molecule has 88 heavy (non-hydrogen) atoms. The summed E-state index contributed by atoms with van der Waals surface area (Å²) in [7, 11) is -5.75. The molecule has 0 aromatic heterocycles. The van der Waals surface area contributed by atoms with Crippen molar-refractivity contribution in [1.82, 2.24) is 9.64 Å². The van der Waals surface area contributed by atoms with E-state index in [9.17, 15) is 40.3 Å². The van der Waals surface area contributed by atoms with E-state index >= 15 is 0 Å². The van der Waals surface area contributed by atoms with Gasteiger partial charge in [0.1, 0.15) is 19.0 Å². The van der Waals surface area contributed by atoms with Crippen molar-refractivity contribution in [3.8, 4) is 11.3 Å². The van der Waals surface area contributed by atoms with Gasteiger partial charge < -0.3 is 71.0 Å². The van der Waals surface area contributed by atoms with Crippen LogP contribution in [0, 0.1) is 0 Å². The van der Waals surface area contributed by atoms with Crippen LogP contribution in [0.25, 0.3) is 17.4 Å². The molecule has 0 saturated carbocycles. The van der Waals surface area contributed by atoms with Crippen molar-refractivity contribution < 1.29 is 106 Å². The summed E-state index contributed by atoms with van der Waals surface area (Å²) in [5.74, 6) is -1.81. The number of ether oxygens (including phenoxy) is 12. The van der Waals surface area contributed by atoms with Gasteiger partial charge in [0.2, 0.25) is 5.36 Å². The number of nitrogens with zero attached hydrogens (tertiary/aromatic N) is 3. The number of anilines is 1. The van der Waals surface area contributed by atoms with Crippen molar-refractivity contribution in [2.24, 2.45) is 0 Å². The summed E-state index contributed by atoms with van der Waals surface area (Å²) < 4.78 is 143. The number of amides is 2. The summed E-state index contributed by atoms with van der Waals surface area (Å²) in [5.41, 5.74) is 2.39. The molecule has 4 aliphatic rings. The highest BCUT2D eigenvalue weighted by molar-refractivity contribution is 7.86. The van der Waals surface area contributed by atoms with Gasteiger partial charge in [0, 0.05) is 68.5 Å². The van der Waals surface area contributed by atoms with E-state index in [0.29, 0.717) is 212 Å². The van der Waals surface area contributed by atoms with Gasteiger partial charge in [-0.1, -0.05) is 18.6 Å². The molecule has 1 aromatic carbocycles. The molecule has 2 amide bonds. The highest BCUT2D eigenvalue weighted by Crippen LogP contribution is 2.51. The second-order valence-corrected chi connectivity index (χ2v) is 23.4. The lowest BCUT2D eigenvalue weighted by Gasteiger charge is -2.30. The zero-order chi connectivity index (χ0) is 63.3. The van der Waals surface area contributed by atoms with Crippen LogP contribution < -0.4 is 14.8 Å². The normalized spacial score (nSPS) is 15.9. The number of unbranched alkanes of at least 4 members (excludes halogenated alkanes) is 2. The van der Waals surface area contributed by atoms with Crippen molar-refractivity contribution in [3.05, 3.63) is 83.1 Å². The van der Waals surface area contributed by atoms with Gasteiger partial charge in [-0.15, -0.1) is 5.06 Å². The number of hydrogen-bond acceptors (Lipinski definition) is 22. The van der Waals surface area contributed by atoms with Crippen molar-refractivity contribution in [3.63, 3.8) is 0 Å². The molecule has 494 valence electrons. The Kier molecular flexibility index (Phi) is 34.6. The predicted molar refractivity (Wildman–Crippen MR) is 322 cm³/mol. The standard InChI is InChI=1S/C60H89N3O23S2/c1-60(19-8-46-87(67,68)69)53-48-51(88(70,71)72)13-15-54(53)62(20-6-4-5-11-59(66)86-63-57(64)16-17-58(63)65)56(60)10-7-9-49-18-23-85-55-47-50(12-14-52(49)55)61(21-24-75-30-32-79-38-40-83-44-42-81-36-34-77-28-26-73-2)22-25-76-31-33-80-39-41-84-45-43-82-37-35-78-29-27-74-3/h7,9-10,12-15,18,23,47-48H,4-6,8,11,16-17,19-22,24-46H2,1-3H3,(H-,67,68,69,70,71,72)/p+1. The first-order chi connectivity index (χ1) is 42.6. The van der Waals surface area contributed by atoms with Crippen molar-refractivity contribution >= 4 is 49.8 Å². The quantitative estimate of drug-likeness (QED) is 0.0343. The maximum absolute atomic E-state index is 12.6. The summed E-state index contributed by atoms with van der Waals surface area (Å²) >= 11 is 0. The van der Waals surface area contributed by atoms with Gasteiger partial charge in [-0.2, -0.15) is 16.8 Å². The number of allylic oxidation sites excluding steroid dienone is 3. The number of benzene rings is 2. The Morgan fingerprint density at radius 1 is 0.625 bits per heavy atom. The first-order valence-electron chi connectivity index (χ1n) is 29.7. The van der Waals surface area contributed by atoms with Crippen molar-refractivity contribution in [2.45, 2.75) is 68.6 Å². The third-order valence-electron chi connectivity index (χ3n) is 14.0. The number of imide groups is 1. The second kappa shape index (κ2) is 41.3. The third kappa shape index (κ3) is 27.1. The largest absolute Gasteiger partial charge is 0.464 e. The molecule has 1 aromatic rings. The highest BCUT2D eigenvalue weighted by atomic mass is 32.2. The monoisotopic (exact) mass is 1280 g/mol. The highest BCUT2D eigenvalue weighted by Gasteiger charge is 2.44. The summed E-state index contributed by atoms with van der Waals surface area (Å²) in [4.78, 5) is 43.2. The molecule has 0 radical (unpaired) electrons. The average Bonchev–Trinajstić information content (AvgIpc) is 2.79. The Balaban J connectivity index is 1.26. The van der Waals surface area contributed by atoms with Gasteiger partial charge in [-0.25, -0.2) is 9.37 Å². The van der Waals surface area contributed by atoms with Crippen LogP contribution in [-0.4, -0.2) is 234 Å². The fourth-order valence-electron chi connectivity index (χ4n) is 9.50. The lowest BCUT2D eigenvalue weighted by molar-refractivity contribution is -0.197. The van der Waals surface area contributed by atoms with Crippen LogP contribution in [0.5, 0.6) is 0 Å². The van der Waals surface area contributed by atoms with E-state index in [1.54, 1.807) is 26.5 Å². The Labute approximate surface area is 516 Å². The molecule has 26 nitrogen and oxygen atoms in total. The first kappa shape index (κ1) is 73.6. The Hall–Kier alpha value is -5.12. The van der Waals surface area contributed by atoms with E-state index in [2.05, 4.69) is 4.58 Å². The number of methoxy groups -OCH3 is 2. The minimum Gasteiger partial charge on any atom is -0.464 e. The number of hydrogen-bond donors (Lipinski definition) is 2. The number of hydroxylamine groups is 2. The van der Waals surface area contributed by atoms with E-state index in [0.717, 1.165) is 16.5 Å². The molecular formula is C60H90N3O23S2+. The number of carbonyl (C=O) groups is 3. The smallest absolute Gasteiger partial charge is 0.333 e. The zero-order valence-electron chi connectivity index (χ0n) is 51.0. The van der Waals surface area contributed by atoms with E-state index in [4.69, 9.17) is 66.1 Å². The van der Waals surface area contributed by atoms with Crippen LogP contribution in [0.15, 0.2) is 75.9 Å². The van der Waals surface area contributed by atoms with Gasteiger partial charge in [0.25, 0.3) is 32.1 Å². The lowest BCUT2D eigenvalue weighted by atomic mass is 9.77. The van der Waals surface area contributed by atoms with Gasteiger partial charge in [-0.3, -0.25) is 18.7 Å². The van der Waals surface area contributed by atoms with Crippen LogP contribution in [0.4, 0.5) is 5.69 Å². The Bertz CT molecular complexity index is 2830. The van der Waals surface area contributed by atoms with E-state index in [-0.39, 0.29) is 37.0 Å². The van der Waals surface area contributed by atoms with Crippen molar-refractivity contribution in [1.29, 1.82) is 0 Å². The van der Waals surface area contributed by atoms with Crippen LogP contribution in [0.2, 0.25) is 0 Å². The lowest BCUT2D eigenvalue weighted by Crippen LogP contribution is -2.36. The van der Waals surface area contributed by atoms with Crippen LogP contribution in [0.3, 0.4) is 0 Å². The molecule has 3 heterocycles. The molecule has 1 aliphatic carbocycles. The molecule has 1 atom stereocenters. The molecule has 1 saturated heterocycles. The van der Waals surface area contributed by atoms with E-state index in [1.165, 1.54) is 12.1 Å². The van der Waals surface area contributed by atoms with E-state index < -0.39 is 49.2 Å². The number of rotatable bonds is 50. The van der Waals surface area contributed by atoms with Gasteiger partial charge in [0.05, 0.1) is 155 Å². The number of fused-ring (bicyclic) bond motifs is 2. The Morgan fingerprint density at radius 2 is 1.12 bits per heavy atom. The van der Waals surface area contributed by atoms with Gasteiger partial charge >= 0.3 is 5.97 Å². The molecular weight excluding hydrogens is 1190 g/mol. The zero-order valence-corrected chi connectivity index (χ0v) is 52.7. The molecule has 3 aliphatic heterocycles. The summed E-state index contributed by atoms with van der Waals surface area (Å²) in [6, 6.07) is 12.0. The molecule has 1 unspecified atom stereocenters. The van der Waals surface area contributed by atoms with Gasteiger partial charge in [-0.05, 0) is 80.1 Å². The van der Waals surface area contributed by atoms with Crippen LogP contribution in [-0.2, 0) is 102 Å². The SMILES string of the molecule is COCCOCCOCCOCCOCCOCC[N+](CCOCCOCCOCCOCCOCCOC)=c1ccc2c(/C=C/C=C3/N(CCCCCC(=O)ON4C(=O)CCC4=O)c4ccc(S(=O)(=O)O)cc4C3(C)CCCS(=O)(=O)O)ccoc-2c1. The fraction of sp³-hybridized carbons (Fsp3) is 0.633. The summed E-state index contributed by atoms with van der Waals surface area (Å²) in [5, 5.41) is 1.37. The van der Waals surface area contributed by atoms with Crippen LogP contribution in [0.1, 0.15) is 69.4 Å². The van der Waals surface area contributed by atoms with Gasteiger partial charge in [0.15, 0.2) is 13.1 Å². The minimum atomic E-state index is -4.65. The van der Waals surface area contributed by atoms with Crippen LogP contribution >= 0.6 is 0 Å². The predicted octanol–water partition coefficient (Wildman–Crippen LogP) is 4.37. The third-order valence-corrected chi connectivity index (χ3v) is 15.7. The second-order valence-electron chi connectivity index (χ2n) is 20.4. The summed E-state index contributed by atoms with van der Waals surface area (Å²) in [6.07, 6.45) is 8.68. The summed E-state index contributed by atoms with van der Waals surface area (Å²) in [6.45, 7) is 13.1. The molecule has 0 bridgehead atoms. The molecule has 1 fully saturated rings. The average molecular weight is 1290 g/mol. The molecule has 2 N–H and O–H groups in total. The molecule has 0 spiro atoms. The van der Waals surface area contributed by atoms with Crippen molar-refractivity contribution in [2.75, 3.05) is 190 Å². The Morgan fingerprint density at radius 3 is 1.61 bits per heavy atom. The number of carbonyl (C=O) groups excluding carboxylic acids is 3. The minimum absolute atomic E-state index is 0.0120.